The molecular formula is C36H51N3O8. The molecule has 2 aromatic rings. The molecule has 3 N–H and O–H groups in total. The van der Waals surface area contributed by atoms with E-state index in [0.717, 1.165) is 10.5 Å². The van der Waals surface area contributed by atoms with Gasteiger partial charge in [0.05, 0.1) is 6.04 Å². The summed E-state index contributed by atoms with van der Waals surface area (Å²) in [5.74, 6) is -3.11. The van der Waals surface area contributed by atoms with E-state index in [1.807, 2.05) is 38.1 Å². The molecule has 0 unspecified atom stereocenters. The van der Waals surface area contributed by atoms with Crippen LogP contribution in [0.4, 0.5) is 4.79 Å². The van der Waals surface area contributed by atoms with E-state index in [-0.39, 0.29) is 38.2 Å². The van der Waals surface area contributed by atoms with Gasteiger partial charge in [0, 0.05) is 6.42 Å². The highest BCUT2D eigenvalue weighted by molar-refractivity contribution is 6.01. The summed E-state index contributed by atoms with van der Waals surface area (Å²) in [4.78, 5) is 68.2. The van der Waals surface area contributed by atoms with Crippen LogP contribution in [-0.2, 0) is 46.4 Å². The normalized spacial score (nSPS) is 13.6. The molecule has 0 saturated heterocycles. The van der Waals surface area contributed by atoms with E-state index in [9.17, 15) is 24.0 Å². The van der Waals surface area contributed by atoms with Gasteiger partial charge in [0.2, 0.25) is 11.8 Å². The number of hydrogen-bond donors (Lipinski definition) is 2. The molecule has 0 aliphatic rings. The molecule has 11 heteroatoms. The van der Waals surface area contributed by atoms with E-state index in [1.165, 1.54) is 0 Å². The van der Waals surface area contributed by atoms with Crippen molar-refractivity contribution >= 4 is 29.8 Å². The Morgan fingerprint density at radius 3 is 1.85 bits per heavy atom. The standard InChI is InChI=1S/C36H51N3O8/c1-24(2)21-29(31(41)38-28(33(43)47-36(6,7)8)19-20-30(40)46-35(3,4)5)39(34(44)45-23-26-17-13-10-14-18-26)32(42)27(37)22-25-15-11-9-12-16-25/h9-18,24,27-29H,19-23,37H2,1-8H3,(H,38,41)/t27-,28-,29-/m0/s1. The lowest BCUT2D eigenvalue weighted by molar-refractivity contribution is -0.160. The van der Waals surface area contributed by atoms with Gasteiger partial charge in [0.15, 0.2) is 0 Å². The number of esters is 2. The van der Waals surface area contributed by atoms with Crippen LogP contribution in [0.25, 0.3) is 0 Å². The number of amides is 3. The molecule has 0 spiro atoms. The Balaban J connectivity index is 2.44. The van der Waals surface area contributed by atoms with Crippen molar-refractivity contribution in [3.05, 3.63) is 71.8 Å². The maximum absolute atomic E-state index is 14.1. The van der Waals surface area contributed by atoms with E-state index in [1.54, 1.807) is 77.9 Å². The number of nitrogens with zero attached hydrogens (tertiary/aromatic N) is 1. The SMILES string of the molecule is CC(C)C[C@@H](C(=O)N[C@@H](CCC(=O)OC(C)(C)C)C(=O)OC(C)(C)C)N(C(=O)OCc1ccccc1)C(=O)[C@@H](N)Cc1ccccc1. The van der Waals surface area contributed by atoms with Gasteiger partial charge in [-0.25, -0.2) is 14.5 Å². The van der Waals surface area contributed by atoms with E-state index < -0.39 is 59.2 Å². The third-order valence-electron chi connectivity index (χ3n) is 6.63. The molecule has 0 bridgehead atoms. The van der Waals surface area contributed by atoms with Gasteiger partial charge in [-0.15, -0.1) is 0 Å². The number of benzene rings is 2. The van der Waals surface area contributed by atoms with E-state index >= 15 is 0 Å². The number of hydrogen-bond acceptors (Lipinski definition) is 9. The molecular weight excluding hydrogens is 602 g/mol. The van der Waals surface area contributed by atoms with Crippen LogP contribution < -0.4 is 11.1 Å². The summed E-state index contributed by atoms with van der Waals surface area (Å²) in [6.45, 7) is 13.7. The number of ether oxygens (including phenoxy) is 3. The summed E-state index contributed by atoms with van der Waals surface area (Å²) in [5.41, 5.74) is 6.17. The lowest BCUT2D eigenvalue weighted by Crippen LogP contribution is -2.59. The Hall–Kier alpha value is -4.25. The quantitative estimate of drug-likeness (QED) is 0.210. The summed E-state index contributed by atoms with van der Waals surface area (Å²) in [5, 5.41) is 2.65. The summed E-state index contributed by atoms with van der Waals surface area (Å²) >= 11 is 0. The van der Waals surface area contributed by atoms with E-state index in [0.29, 0.717) is 5.56 Å². The fourth-order valence-corrected chi connectivity index (χ4v) is 4.61. The van der Waals surface area contributed by atoms with Crippen LogP contribution in [0.5, 0.6) is 0 Å². The average Bonchev–Trinajstić information content (AvgIpc) is 2.96. The Morgan fingerprint density at radius 1 is 0.809 bits per heavy atom. The fourth-order valence-electron chi connectivity index (χ4n) is 4.61. The van der Waals surface area contributed by atoms with Crippen LogP contribution in [-0.4, -0.2) is 64.1 Å². The molecule has 0 saturated carbocycles. The first-order valence-electron chi connectivity index (χ1n) is 15.9. The number of carbonyl (C=O) groups excluding carboxylic acids is 5. The number of imide groups is 1. The second-order valence-electron chi connectivity index (χ2n) is 13.9. The first kappa shape index (κ1) is 38.9. The van der Waals surface area contributed by atoms with Crippen molar-refractivity contribution in [2.24, 2.45) is 11.7 Å². The van der Waals surface area contributed by atoms with Gasteiger partial charge in [0.25, 0.3) is 0 Å². The van der Waals surface area contributed by atoms with Crippen LogP contribution >= 0.6 is 0 Å². The van der Waals surface area contributed by atoms with Crippen LogP contribution in [0, 0.1) is 5.92 Å². The van der Waals surface area contributed by atoms with E-state index in [2.05, 4.69) is 5.32 Å². The van der Waals surface area contributed by atoms with Gasteiger partial charge in [-0.2, -0.15) is 0 Å². The predicted octanol–water partition coefficient (Wildman–Crippen LogP) is 5.08. The molecule has 3 amide bonds. The summed E-state index contributed by atoms with van der Waals surface area (Å²) in [6, 6.07) is 14.1. The van der Waals surface area contributed by atoms with Crippen molar-refractivity contribution in [3.8, 4) is 0 Å². The minimum Gasteiger partial charge on any atom is -0.460 e. The van der Waals surface area contributed by atoms with Crippen molar-refractivity contribution < 1.29 is 38.2 Å². The van der Waals surface area contributed by atoms with Crippen molar-refractivity contribution in [2.45, 2.75) is 117 Å². The average molecular weight is 654 g/mol. The zero-order valence-electron chi connectivity index (χ0n) is 28.9. The fraction of sp³-hybridized carbons (Fsp3) is 0.528. The van der Waals surface area contributed by atoms with Gasteiger partial charge >= 0.3 is 18.0 Å². The Labute approximate surface area is 278 Å². The number of carbonyl (C=O) groups is 5. The molecule has 2 rings (SSSR count). The lowest BCUT2D eigenvalue weighted by Gasteiger charge is -2.33. The van der Waals surface area contributed by atoms with Gasteiger partial charge in [-0.3, -0.25) is 14.4 Å². The highest BCUT2D eigenvalue weighted by atomic mass is 16.6. The number of nitrogens with one attached hydrogen (secondary N) is 1. The van der Waals surface area contributed by atoms with E-state index in [4.69, 9.17) is 19.9 Å². The molecule has 2 aromatic carbocycles. The molecule has 0 aliphatic heterocycles. The predicted molar refractivity (Wildman–Crippen MR) is 178 cm³/mol. The third kappa shape index (κ3) is 14.4. The molecule has 0 heterocycles. The Kier molecular flexibility index (Phi) is 14.6. The molecule has 11 nitrogen and oxygen atoms in total. The zero-order valence-corrected chi connectivity index (χ0v) is 28.9. The number of nitrogens with two attached hydrogens (primary N) is 1. The first-order chi connectivity index (χ1) is 21.9. The van der Waals surface area contributed by atoms with Crippen LogP contribution in [0.1, 0.15) is 85.8 Å². The van der Waals surface area contributed by atoms with Crippen LogP contribution in [0.2, 0.25) is 0 Å². The molecule has 0 radical (unpaired) electrons. The zero-order chi connectivity index (χ0) is 35.4. The Bertz CT molecular complexity index is 1330. The summed E-state index contributed by atoms with van der Waals surface area (Å²) in [7, 11) is 0. The minimum absolute atomic E-state index is 0.0448. The van der Waals surface area contributed by atoms with Gasteiger partial charge in [-0.05, 0) is 77.8 Å². The van der Waals surface area contributed by atoms with Crippen LogP contribution in [0.3, 0.4) is 0 Å². The molecule has 47 heavy (non-hydrogen) atoms. The molecule has 0 fully saturated rings. The van der Waals surface area contributed by atoms with Gasteiger partial charge in [-0.1, -0.05) is 74.5 Å². The number of rotatable bonds is 14. The summed E-state index contributed by atoms with van der Waals surface area (Å²) < 4.78 is 16.5. The monoisotopic (exact) mass is 653 g/mol. The van der Waals surface area contributed by atoms with Crippen molar-refractivity contribution in [1.82, 2.24) is 10.2 Å². The maximum Gasteiger partial charge on any atom is 0.417 e. The minimum atomic E-state index is -1.39. The van der Waals surface area contributed by atoms with Crippen molar-refractivity contribution in [3.63, 3.8) is 0 Å². The highest BCUT2D eigenvalue weighted by Crippen LogP contribution is 2.19. The molecule has 0 aromatic heterocycles. The highest BCUT2D eigenvalue weighted by Gasteiger charge is 2.40. The third-order valence-corrected chi connectivity index (χ3v) is 6.63. The van der Waals surface area contributed by atoms with Gasteiger partial charge in [0.1, 0.15) is 29.9 Å². The maximum atomic E-state index is 14.1. The smallest absolute Gasteiger partial charge is 0.417 e. The second kappa shape index (κ2) is 17.6. The largest absolute Gasteiger partial charge is 0.460 e. The van der Waals surface area contributed by atoms with Gasteiger partial charge < -0.3 is 25.3 Å². The topological polar surface area (TPSA) is 154 Å². The van der Waals surface area contributed by atoms with Crippen molar-refractivity contribution in [1.29, 1.82) is 0 Å². The Morgan fingerprint density at radius 2 is 1.34 bits per heavy atom. The lowest BCUT2D eigenvalue weighted by atomic mass is 9.99. The van der Waals surface area contributed by atoms with Crippen molar-refractivity contribution in [2.75, 3.05) is 0 Å². The second-order valence-corrected chi connectivity index (χ2v) is 13.9. The first-order valence-corrected chi connectivity index (χ1v) is 15.9. The molecule has 258 valence electrons. The summed E-state index contributed by atoms with van der Waals surface area (Å²) in [6.07, 6.45) is -1.23. The van der Waals surface area contributed by atoms with Crippen LogP contribution in [0.15, 0.2) is 60.7 Å². The molecule has 0 aliphatic carbocycles. The molecule has 3 atom stereocenters.